The summed E-state index contributed by atoms with van der Waals surface area (Å²) in [7, 11) is 0. The van der Waals surface area contributed by atoms with E-state index in [1.165, 1.54) is 12.1 Å². The van der Waals surface area contributed by atoms with Crippen LogP contribution in [-0.4, -0.2) is 17.6 Å². The third-order valence-electron chi connectivity index (χ3n) is 2.46. The molecule has 0 aliphatic heterocycles. The lowest BCUT2D eigenvalue weighted by Crippen LogP contribution is -2.30. The fourth-order valence-electron chi connectivity index (χ4n) is 1.55. The fraction of sp³-hybridized carbons (Fsp3) is 0.231. The third-order valence-corrected chi connectivity index (χ3v) is 3.30. The van der Waals surface area contributed by atoms with Crippen LogP contribution in [0, 0.1) is 5.82 Å². The molecule has 0 aliphatic rings. The molecule has 0 bridgehead atoms. The highest BCUT2D eigenvalue weighted by Crippen LogP contribution is 2.11. The molecule has 0 unspecified atom stereocenters. The first-order chi connectivity index (χ1) is 9.25. The number of thiazole rings is 1. The van der Waals surface area contributed by atoms with Gasteiger partial charge in [0, 0.05) is 24.5 Å². The minimum Gasteiger partial charge on any atom is -0.338 e. The van der Waals surface area contributed by atoms with Crippen LogP contribution in [0.3, 0.4) is 0 Å². The van der Waals surface area contributed by atoms with Gasteiger partial charge in [0.15, 0.2) is 0 Å². The van der Waals surface area contributed by atoms with E-state index in [0.717, 1.165) is 17.8 Å². The van der Waals surface area contributed by atoms with Gasteiger partial charge in [-0.25, -0.2) is 14.2 Å². The van der Waals surface area contributed by atoms with E-state index in [9.17, 15) is 9.18 Å². The fourth-order valence-corrected chi connectivity index (χ4v) is 2.21. The molecule has 0 saturated heterocycles. The number of nitrogens with zero attached hydrogens (tertiary/aromatic N) is 1. The van der Waals surface area contributed by atoms with Gasteiger partial charge in [-0.15, -0.1) is 11.3 Å². The molecule has 100 valence electrons. The van der Waals surface area contributed by atoms with E-state index < -0.39 is 11.8 Å². The highest BCUT2D eigenvalue weighted by Gasteiger charge is 2.05. The molecule has 2 aromatic rings. The molecule has 0 spiro atoms. The summed E-state index contributed by atoms with van der Waals surface area (Å²) in [5, 5.41) is 8.12. The summed E-state index contributed by atoms with van der Waals surface area (Å²) >= 11 is 1.60. The van der Waals surface area contributed by atoms with Crippen molar-refractivity contribution in [2.24, 2.45) is 0 Å². The van der Waals surface area contributed by atoms with Gasteiger partial charge in [-0.3, -0.25) is 0 Å². The second-order valence-electron chi connectivity index (χ2n) is 3.89. The van der Waals surface area contributed by atoms with Crippen LogP contribution in [-0.2, 0) is 6.42 Å². The molecule has 0 saturated carbocycles. The van der Waals surface area contributed by atoms with Crippen LogP contribution >= 0.6 is 11.3 Å². The predicted molar refractivity (Wildman–Crippen MR) is 73.9 cm³/mol. The van der Waals surface area contributed by atoms with Crippen molar-refractivity contribution in [3.05, 3.63) is 46.7 Å². The number of nitrogens with one attached hydrogen (secondary N) is 2. The van der Waals surface area contributed by atoms with E-state index >= 15 is 0 Å². The van der Waals surface area contributed by atoms with Gasteiger partial charge in [0.1, 0.15) is 5.82 Å². The number of carbonyl (C=O) groups excluding carboxylic acids is 1. The van der Waals surface area contributed by atoms with Crippen molar-refractivity contribution >= 4 is 23.1 Å². The number of carbonyl (C=O) groups is 1. The van der Waals surface area contributed by atoms with Crippen molar-refractivity contribution < 1.29 is 9.18 Å². The molecule has 6 heteroatoms. The number of para-hydroxylation sites is 1. The Kier molecular flexibility index (Phi) is 4.85. The molecule has 2 N–H and O–H groups in total. The molecule has 0 aliphatic carbocycles. The van der Waals surface area contributed by atoms with Crippen LogP contribution in [0.25, 0.3) is 0 Å². The number of halogens is 1. The number of rotatable bonds is 5. The maximum atomic E-state index is 13.3. The SMILES string of the molecule is O=C(NCCCc1nccs1)Nc1ccccc1F. The van der Waals surface area contributed by atoms with Crippen molar-refractivity contribution in [3.63, 3.8) is 0 Å². The standard InChI is InChI=1S/C13H14FN3OS/c14-10-4-1-2-5-11(10)17-13(18)16-7-3-6-12-15-8-9-19-12/h1-2,4-5,8-9H,3,6-7H2,(H2,16,17,18). The molecule has 0 fully saturated rings. The summed E-state index contributed by atoms with van der Waals surface area (Å²) in [5.74, 6) is -0.444. The molecule has 1 aromatic heterocycles. The topological polar surface area (TPSA) is 54.0 Å². The summed E-state index contributed by atoms with van der Waals surface area (Å²) < 4.78 is 13.3. The van der Waals surface area contributed by atoms with E-state index in [4.69, 9.17) is 0 Å². The van der Waals surface area contributed by atoms with E-state index in [0.29, 0.717) is 6.54 Å². The third kappa shape index (κ3) is 4.33. The second-order valence-corrected chi connectivity index (χ2v) is 4.87. The Labute approximate surface area is 114 Å². The van der Waals surface area contributed by atoms with Crippen LogP contribution < -0.4 is 10.6 Å². The molecular weight excluding hydrogens is 265 g/mol. The number of amides is 2. The molecule has 1 aromatic carbocycles. The Morgan fingerprint density at radius 1 is 1.37 bits per heavy atom. The largest absolute Gasteiger partial charge is 0.338 e. The smallest absolute Gasteiger partial charge is 0.319 e. The van der Waals surface area contributed by atoms with Crippen molar-refractivity contribution in [2.75, 3.05) is 11.9 Å². The summed E-state index contributed by atoms with van der Waals surface area (Å²) in [4.78, 5) is 15.7. The zero-order valence-electron chi connectivity index (χ0n) is 10.2. The van der Waals surface area contributed by atoms with Crippen molar-refractivity contribution in [2.45, 2.75) is 12.8 Å². The zero-order valence-corrected chi connectivity index (χ0v) is 11.0. The Hall–Kier alpha value is -1.95. The first-order valence-corrected chi connectivity index (χ1v) is 6.81. The van der Waals surface area contributed by atoms with Crippen molar-refractivity contribution in [1.29, 1.82) is 0 Å². The molecular formula is C13H14FN3OS. The van der Waals surface area contributed by atoms with Gasteiger partial charge < -0.3 is 10.6 Å². The summed E-state index contributed by atoms with van der Waals surface area (Å²) in [6.45, 7) is 0.528. The summed E-state index contributed by atoms with van der Waals surface area (Å²) in [5.41, 5.74) is 0.180. The number of urea groups is 1. The van der Waals surface area contributed by atoms with Gasteiger partial charge in [0.25, 0.3) is 0 Å². The normalized spacial score (nSPS) is 10.2. The predicted octanol–water partition coefficient (Wildman–Crippen LogP) is 3.04. The monoisotopic (exact) mass is 279 g/mol. The van der Waals surface area contributed by atoms with Crippen LogP contribution in [0.2, 0.25) is 0 Å². The Balaban J connectivity index is 1.69. The number of aromatic nitrogens is 1. The van der Waals surface area contributed by atoms with Gasteiger partial charge in [-0.1, -0.05) is 12.1 Å². The number of hydrogen-bond donors (Lipinski definition) is 2. The number of aryl methyl sites for hydroxylation is 1. The van der Waals surface area contributed by atoms with Crippen LogP contribution in [0.4, 0.5) is 14.9 Å². The zero-order chi connectivity index (χ0) is 13.5. The molecule has 1 heterocycles. The molecule has 0 radical (unpaired) electrons. The lowest BCUT2D eigenvalue weighted by molar-refractivity contribution is 0.252. The Morgan fingerprint density at radius 3 is 2.95 bits per heavy atom. The second kappa shape index (κ2) is 6.84. The average Bonchev–Trinajstić information content (AvgIpc) is 2.91. The van der Waals surface area contributed by atoms with E-state index in [1.54, 1.807) is 29.7 Å². The number of benzene rings is 1. The summed E-state index contributed by atoms with van der Waals surface area (Å²) in [6, 6.07) is 5.67. The van der Waals surface area contributed by atoms with Crippen molar-refractivity contribution in [1.82, 2.24) is 10.3 Å². The van der Waals surface area contributed by atoms with Gasteiger partial charge in [0.2, 0.25) is 0 Å². The first-order valence-electron chi connectivity index (χ1n) is 5.93. The molecule has 2 amide bonds. The number of hydrogen-bond acceptors (Lipinski definition) is 3. The van der Waals surface area contributed by atoms with Crippen molar-refractivity contribution in [3.8, 4) is 0 Å². The lowest BCUT2D eigenvalue weighted by Gasteiger charge is -2.07. The Bertz CT molecular complexity index is 530. The molecule has 19 heavy (non-hydrogen) atoms. The molecule has 4 nitrogen and oxygen atoms in total. The molecule has 0 atom stereocenters. The minimum atomic E-state index is -0.444. The van der Waals surface area contributed by atoms with Gasteiger partial charge in [-0.2, -0.15) is 0 Å². The highest BCUT2D eigenvalue weighted by molar-refractivity contribution is 7.09. The quantitative estimate of drug-likeness (QED) is 0.827. The number of anilines is 1. The molecule has 2 rings (SSSR count). The van der Waals surface area contributed by atoms with E-state index in [2.05, 4.69) is 15.6 Å². The van der Waals surface area contributed by atoms with Gasteiger partial charge in [-0.05, 0) is 18.6 Å². The van der Waals surface area contributed by atoms with Gasteiger partial charge in [0.05, 0.1) is 10.7 Å². The van der Waals surface area contributed by atoms with Crippen LogP contribution in [0.1, 0.15) is 11.4 Å². The van der Waals surface area contributed by atoms with E-state index in [-0.39, 0.29) is 5.69 Å². The maximum Gasteiger partial charge on any atom is 0.319 e. The lowest BCUT2D eigenvalue weighted by atomic mass is 10.3. The summed E-state index contributed by atoms with van der Waals surface area (Å²) in [6.07, 6.45) is 3.40. The minimum absolute atomic E-state index is 0.180. The van der Waals surface area contributed by atoms with E-state index in [1.807, 2.05) is 5.38 Å². The van der Waals surface area contributed by atoms with Crippen LogP contribution in [0.5, 0.6) is 0 Å². The maximum absolute atomic E-state index is 13.3. The Morgan fingerprint density at radius 2 is 2.21 bits per heavy atom. The highest BCUT2D eigenvalue weighted by atomic mass is 32.1. The first kappa shape index (κ1) is 13.5. The van der Waals surface area contributed by atoms with Gasteiger partial charge >= 0.3 is 6.03 Å². The average molecular weight is 279 g/mol. The van der Waals surface area contributed by atoms with Crippen LogP contribution in [0.15, 0.2) is 35.8 Å².